The Hall–Kier alpha value is -2.12. The molecule has 0 saturated carbocycles. The monoisotopic (exact) mass is 374 g/mol. The molecule has 9 heteroatoms. The molecule has 1 unspecified atom stereocenters. The molecule has 0 aromatic heterocycles. The third kappa shape index (κ3) is 3.09. The van der Waals surface area contributed by atoms with E-state index in [9.17, 15) is 19.8 Å². The standard InChI is InChI=1S/C15H16Cl2N2O5/c1-5(2)10-8(14(22)24-3)11(19-15(23)18-10)6-4-7(16)13(21)9(17)12(6)20/h4-5,11,20-21H,1-3H3,(H2,18,19,23). The van der Waals surface area contributed by atoms with Gasteiger partial charge < -0.3 is 25.6 Å². The fourth-order valence-electron chi connectivity index (χ4n) is 2.45. The van der Waals surface area contributed by atoms with Gasteiger partial charge in [-0.25, -0.2) is 9.59 Å². The zero-order chi connectivity index (χ0) is 18.2. The van der Waals surface area contributed by atoms with Crippen LogP contribution >= 0.6 is 23.2 Å². The van der Waals surface area contributed by atoms with Gasteiger partial charge in [-0.15, -0.1) is 0 Å². The third-order valence-electron chi connectivity index (χ3n) is 3.59. The lowest BCUT2D eigenvalue weighted by Gasteiger charge is -2.31. The van der Waals surface area contributed by atoms with E-state index in [-0.39, 0.29) is 27.1 Å². The summed E-state index contributed by atoms with van der Waals surface area (Å²) < 4.78 is 4.80. The smallest absolute Gasteiger partial charge is 0.337 e. The Labute approximate surface area is 148 Å². The van der Waals surface area contributed by atoms with Gasteiger partial charge in [0.1, 0.15) is 10.8 Å². The van der Waals surface area contributed by atoms with Gasteiger partial charge in [0.2, 0.25) is 0 Å². The number of halogens is 2. The van der Waals surface area contributed by atoms with E-state index in [0.29, 0.717) is 5.70 Å². The minimum absolute atomic E-state index is 0.0659. The van der Waals surface area contributed by atoms with E-state index in [1.165, 1.54) is 13.2 Å². The molecule has 24 heavy (non-hydrogen) atoms. The normalized spacial score (nSPS) is 17.6. The molecule has 2 amide bonds. The number of carbonyl (C=O) groups is 2. The average Bonchev–Trinajstić information content (AvgIpc) is 2.54. The fourth-order valence-corrected chi connectivity index (χ4v) is 2.92. The highest BCUT2D eigenvalue weighted by Crippen LogP contribution is 2.45. The van der Waals surface area contributed by atoms with Crippen LogP contribution in [0.5, 0.6) is 11.5 Å². The van der Waals surface area contributed by atoms with E-state index >= 15 is 0 Å². The number of carbonyl (C=O) groups excluding carboxylic acids is 2. The molecule has 1 aromatic rings. The Bertz CT molecular complexity index is 746. The van der Waals surface area contributed by atoms with Crippen molar-refractivity contribution >= 4 is 35.2 Å². The second-order valence-electron chi connectivity index (χ2n) is 5.46. The van der Waals surface area contributed by atoms with Gasteiger partial charge in [-0.05, 0) is 12.0 Å². The molecule has 130 valence electrons. The van der Waals surface area contributed by atoms with Crippen LogP contribution in [0.25, 0.3) is 0 Å². The number of rotatable bonds is 3. The summed E-state index contributed by atoms with van der Waals surface area (Å²) in [7, 11) is 1.21. The van der Waals surface area contributed by atoms with Crippen molar-refractivity contribution in [2.45, 2.75) is 19.9 Å². The minimum Gasteiger partial charge on any atom is -0.506 e. The number of phenols is 2. The number of ether oxygens (including phenoxy) is 1. The first-order valence-electron chi connectivity index (χ1n) is 6.98. The maximum Gasteiger partial charge on any atom is 0.337 e. The number of amides is 2. The SMILES string of the molecule is COC(=O)C1=C(C(C)C)NC(=O)NC1c1cc(Cl)c(O)c(Cl)c1O. The first-order chi connectivity index (χ1) is 11.2. The molecule has 1 aliphatic rings. The van der Waals surface area contributed by atoms with Gasteiger partial charge in [0.05, 0.1) is 23.7 Å². The van der Waals surface area contributed by atoms with Crippen molar-refractivity contribution in [3.63, 3.8) is 0 Å². The Kier molecular flexibility index (Phi) is 5.15. The summed E-state index contributed by atoms with van der Waals surface area (Å²) in [5.41, 5.74) is 0.534. The Morgan fingerprint density at radius 2 is 1.92 bits per heavy atom. The van der Waals surface area contributed by atoms with Crippen molar-refractivity contribution in [3.8, 4) is 11.5 Å². The van der Waals surface area contributed by atoms with Crippen LogP contribution in [0.1, 0.15) is 25.5 Å². The van der Waals surface area contributed by atoms with Crippen LogP contribution in [0, 0.1) is 5.92 Å². The van der Waals surface area contributed by atoms with Crippen molar-refractivity contribution in [2.75, 3.05) is 7.11 Å². The van der Waals surface area contributed by atoms with Crippen molar-refractivity contribution in [2.24, 2.45) is 5.92 Å². The molecule has 1 heterocycles. The van der Waals surface area contributed by atoms with E-state index < -0.39 is 29.5 Å². The maximum atomic E-state index is 12.3. The fraction of sp³-hybridized carbons (Fsp3) is 0.333. The Morgan fingerprint density at radius 1 is 1.29 bits per heavy atom. The number of esters is 1. The number of urea groups is 1. The molecule has 7 nitrogen and oxygen atoms in total. The first kappa shape index (κ1) is 18.2. The Morgan fingerprint density at radius 3 is 2.46 bits per heavy atom. The predicted molar refractivity (Wildman–Crippen MR) is 88.1 cm³/mol. The lowest BCUT2D eigenvalue weighted by molar-refractivity contribution is -0.136. The van der Waals surface area contributed by atoms with Crippen LogP contribution in [0.4, 0.5) is 4.79 Å². The van der Waals surface area contributed by atoms with Gasteiger partial charge in [0, 0.05) is 11.3 Å². The summed E-state index contributed by atoms with van der Waals surface area (Å²) >= 11 is 11.8. The van der Waals surface area contributed by atoms with Crippen LogP contribution in [-0.4, -0.2) is 29.3 Å². The van der Waals surface area contributed by atoms with Crippen LogP contribution in [0.3, 0.4) is 0 Å². The van der Waals surface area contributed by atoms with Crippen molar-refractivity contribution < 1.29 is 24.5 Å². The lowest BCUT2D eigenvalue weighted by atomic mass is 9.91. The predicted octanol–water partition coefficient (Wildman–Crippen LogP) is 2.84. The van der Waals surface area contributed by atoms with Crippen molar-refractivity contribution in [1.29, 1.82) is 0 Å². The molecule has 1 atom stereocenters. The third-order valence-corrected chi connectivity index (χ3v) is 4.24. The van der Waals surface area contributed by atoms with Crippen LogP contribution in [0.2, 0.25) is 10.0 Å². The number of methoxy groups -OCH3 is 1. The molecule has 0 aliphatic carbocycles. The molecule has 0 bridgehead atoms. The second-order valence-corrected chi connectivity index (χ2v) is 6.25. The first-order valence-corrected chi connectivity index (χ1v) is 7.74. The number of aromatic hydroxyl groups is 2. The largest absolute Gasteiger partial charge is 0.506 e. The van der Waals surface area contributed by atoms with E-state index in [4.69, 9.17) is 27.9 Å². The van der Waals surface area contributed by atoms with Crippen LogP contribution < -0.4 is 10.6 Å². The summed E-state index contributed by atoms with van der Waals surface area (Å²) in [4.78, 5) is 24.2. The van der Waals surface area contributed by atoms with Gasteiger partial charge in [0.25, 0.3) is 0 Å². The van der Waals surface area contributed by atoms with Gasteiger partial charge in [-0.3, -0.25) is 0 Å². The number of nitrogens with one attached hydrogen (secondary N) is 2. The highest BCUT2D eigenvalue weighted by molar-refractivity contribution is 6.38. The number of benzene rings is 1. The molecule has 4 N–H and O–H groups in total. The van der Waals surface area contributed by atoms with Gasteiger partial charge in [0.15, 0.2) is 5.75 Å². The van der Waals surface area contributed by atoms with E-state index in [1.54, 1.807) is 13.8 Å². The summed E-state index contributed by atoms with van der Waals surface area (Å²) in [6.45, 7) is 3.58. The highest BCUT2D eigenvalue weighted by atomic mass is 35.5. The maximum absolute atomic E-state index is 12.3. The number of phenolic OH excluding ortho intramolecular Hbond substituents is 2. The summed E-state index contributed by atoms with van der Waals surface area (Å²) in [5, 5.41) is 24.5. The molecular weight excluding hydrogens is 359 g/mol. The van der Waals surface area contributed by atoms with E-state index in [0.717, 1.165) is 0 Å². The highest BCUT2D eigenvalue weighted by Gasteiger charge is 2.36. The summed E-state index contributed by atoms with van der Waals surface area (Å²) in [6, 6.07) is -0.370. The van der Waals surface area contributed by atoms with Gasteiger partial charge in [-0.1, -0.05) is 37.0 Å². The minimum atomic E-state index is -1.04. The quantitative estimate of drug-likeness (QED) is 0.608. The van der Waals surface area contributed by atoms with E-state index in [1.807, 2.05) is 0 Å². The number of hydrogen-bond donors (Lipinski definition) is 4. The lowest BCUT2D eigenvalue weighted by Crippen LogP contribution is -2.47. The van der Waals surface area contributed by atoms with Gasteiger partial charge >= 0.3 is 12.0 Å². The second kappa shape index (κ2) is 6.78. The topological polar surface area (TPSA) is 108 Å². The molecule has 1 aromatic carbocycles. The Balaban J connectivity index is 2.73. The average molecular weight is 375 g/mol. The molecule has 2 rings (SSSR count). The molecule has 0 spiro atoms. The van der Waals surface area contributed by atoms with Crippen LogP contribution in [0.15, 0.2) is 17.3 Å². The molecular formula is C15H16Cl2N2O5. The molecule has 0 radical (unpaired) electrons. The van der Waals surface area contributed by atoms with Gasteiger partial charge in [-0.2, -0.15) is 0 Å². The van der Waals surface area contributed by atoms with Crippen molar-refractivity contribution in [3.05, 3.63) is 32.9 Å². The van der Waals surface area contributed by atoms with Crippen molar-refractivity contribution in [1.82, 2.24) is 10.6 Å². The molecule has 0 saturated heterocycles. The zero-order valence-electron chi connectivity index (χ0n) is 13.1. The number of allylic oxidation sites excluding steroid dienone is 1. The molecule has 1 aliphatic heterocycles. The number of hydrogen-bond acceptors (Lipinski definition) is 5. The summed E-state index contributed by atoms with van der Waals surface area (Å²) in [6.07, 6.45) is 0. The summed E-state index contributed by atoms with van der Waals surface area (Å²) in [5.74, 6) is -1.86. The zero-order valence-corrected chi connectivity index (χ0v) is 14.6. The van der Waals surface area contributed by atoms with E-state index in [2.05, 4.69) is 10.6 Å². The molecule has 0 fully saturated rings. The van der Waals surface area contributed by atoms with Crippen LogP contribution in [-0.2, 0) is 9.53 Å².